The fraction of sp³-hybridized carbons (Fsp3) is 0.417. The minimum absolute atomic E-state index is 0.144. The van der Waals surface area contributed by atoms with Crippen LogP contribution < -0.4 is 5.32 Å². The maximum Gasteiger partial charge on any atom is 0.251 e. The molecule has 5 heteroatoms. The number of halogens is 3. The summed E-state index contributed by atoms with van der Waals surface area (Å²) in [6, 6.07) is 5.12. The Hall–Kier alpha value is -0.250. The molecule has 94 valence electrons. The number of hydrogen-bond acceptors (Lipinski definition) is 1. The van der Waals surface area contributed by atoms with E-state index < -0.39 is 0 Å². The van der Waals surface area contributed by atoms with Crippen LogP contribution in [0.4, 0.5) is 0 Å². The summed E-state index contributed by atoms with van der Waals surface area (Å²) < 4.78 is 0.774. The van der Waals surface area contributed by atoms with Gasteiger partial charge in [0.1, 0.15) is 0 Å². The van der Waals surface area contributed by atoms with Crippen LogP contribution in [0.3, 0.4) is 0 Å². The van der Waals surface area contributed by atoms with Crippen molar-refractivity contribution in [1.82, 2.24) is 5.32 Å². The second-order valence-electron chi connectivity index (χ2n) is 4.41. The van der Waals surface area contributed by atoms with Crippen molar-refractivity contribution in [3.05, 3.63) is 33.3 Å². The molecule has 17 heavy (non-hydrogen) atoms. The number of rotatable bonds is 4. The SMILES string of the molecule is CC(C)(CCCl)NC(=O)c1ccc(Br)c(Cl)c1. The number of carbonyl (C=O) groups excluding carboxylic acids is 1. The Bertz CT molecular complexity index is 421. The van der Waals surface area contributed by atoms with E-state index in [1.165, 1.54) is 0 Å². The molecule has 0 aliphatic carbocycles. The highest BCUT2D eigenvalue weighted by Gasteiger charge is 2.20. The first-order valence-electron chi connectivity index (χ1n) is 5.19. The minimum atomic E-state index is -0.321. The number of carbonyl (C=O) groups is 1. The first-order chi connectivity index (χ1) is 7.85. The maximum absolute atomic E-state index is 12.0. The Balaban J connectivity index is 2.80. The molecule has 0 unspecified atom stereocenters. The lowest BCUT2D eigenvalue weighted by atomic mass is 10.0. The second-order valence-corrected chi connectivity index (χ2v) is 6.05. The van der Waals surface area contributed by atoms with Crippen molar-refractivity contribution in [2.45, 2.75) is 25.8 Å². The molecule has 0 heterocycles. The van der Waals surface area contributed by atoms with Gasteiger partial charge in [0.2, 0.25) is 0 Å². The molecule has 0 bridgehead atoms. The van der Waals surface area contributed by atoms with E-state index in [0.29, 0.717) is 22.9 Å². The molecule has 1 aromatic carbocycles. The van der Waals surface area contributed by atoms with Gasteiger partial charge in [0, 0.05) is 21.5 Å². The van der Waals surface area contributed by atoms with Crippen LogP contribution in [0.15, 0.2) is 22.7 Å². The third kappa shape index (κ3) is 4.49. The van der Waals surface area contributed by atoms with Gasteiger partial charge >= 0.3 is 0 Å². The molecule has 2 nitrogen and oxygen atoms in total. The van der Waals surface area contributed by atoms with E-state index in [-0.39, 0.29) is 11.4 Å². The molecule has 1 rings (SSSR count). The van der Waals surface area contributed by atoms with Crippen LogP contribution in [-0.2, 0) is 0 Å². The summed E-state index contributed by atoms with van der Waals surface area (Å²) in [4.78, 5) is 12.0. The van der Waals surface area contributed by atoms with Crippen LogP contribution in [0.2, 0.25) is 5.02 Å². The largest absolute Gasteiger partial charge is 0.347 e. The number of hydrogen-bond donors (Lipinski definition) is 1. The summed E-state index contributed by atoms with van der Waals surface area (Å²) in [6.07, 6.45) is 0.713. The molecule has 0 saturated heterocycles. The molecule has 0 atom stereocenters. The molecule has 1 N–H and O–H groups in total. The zero-order valence-electron chi connectivity index (χ0n) is 9.69. The fourth-order valence-corrected chi connectivity index (χ4v) is 2.22. The molecular weight excluding hydrogens is 325 g/mol. The summed E-state index contributed by atoms with van der Waals surface area (Å²) in [7, 11) is 0. The molecule has 0 aromatic heterocycles. The zero-order chi connectivity index (χ0) is 13.1. The molecule has 0 radical (unpaired) electrons. The first-order valence-corrected chi connectivity index (χ1v) is 6.90. The highest BCUT2D eigenvalue weighted by atomic mass is 79.9. The van der Waals surface area contributed by atoms with Gasteiger partial charge in [0.05, 0.1) is 5.02 Å². The molecule has 1 amide bonds. The smallest absolute Gasteiger partial charge is 0.251 e. The monoisotopic (exact) mass is 337 g/mol. The van der Waals surface area contributed by atoms with Gasteiger partial charge in [0.25, 0.3) is 5.91 Å². The van der Waals surface area contributed by atoms with E-state index >= 15 is 0 Å². The Labute approximate surface area is 120 Å². The van der Waals surface area contributed by atoms with Crippen molar-refractivity contribution in [3.63, 3.8) is 0 Å². The highest BCUT2D eigenvalue weighted by molar-refractivity contribution is 9.10. The molecule has 0 spiro atoms. The summed E-state index contributed by atoms with van der Waals surface area (Å²) in [5.74, 6) is 0.364. The summed E-state index contributed by atoms with van der Waals surface area (Å²) in [5, 5.41) is 3.44. The lowest BCUT2D eigenvalue weighted by Gasteiger charge is -2.25. The van der Waals surface area contributed by atoms with Crippen molar-refractivity contribution >= 4 is 45.0 Å². The van der Waals surface area contributed by atoms with Crippen LogP contribution in [0, 0.1) is 0 Å². The van der Waals surface area contributed by atoms with Gasteiger partial charge in [-0.15, -0.1) is 11.6 Å². The van der Waals surface area contributed by atoms with E-state index in [2.05, 4.69) is 21.2 Å². The van der Waals surface area contributed by atoms with Gasteiger partial charge in [-0.05, 0) is 54.4 Å². The molecule has 1 aromatic rings. The van der Waals surface area contributed by atoms with E-state index in [0.717, 1.165) is 4.47 Å². The van der Waals surface area contributed by atoms with Crippen molar-refractivity contribution in [3.8, 4) is 0 Å². The quantitative estimate of drug-likeness (QED) is 0.817. The molecule has 0 fully saturated rings. The predicted octanol–water partition coefficient (Wildman–Crippen LogP) is 4.24. The summed E-state index contributed by atoms with van der Waals surface area (Å²) in [5.41, 5.74) is 0.221. The zero-order valence-corrected chi connectivity index (χ0v) is 12.8. The lowest BCUT2D eigenvalue weighted by molar-refractivity contribution is 0.0911. The third-order valence-electron chi connectivity index (χ3n) is 2.35. The fourth-order valence-electron chi connectivity index (χ4n) is 1.32. The topological polar surface area (TPSA) is 29.1 Å². The number of nitrogens with one attached hydrogen (secondary N) is 1. The van der Waals surface area contributed by atoms with Crippen LogP contribution in [-0.4, -0.2) is 17.3 Å². The van der Waals surface area contributed by atoms with Crippen LogP contribution in [0.1, 0.15) is 30.6 Å². The van der Waals surface area contributed by atoms with Gasteiger partial charge in [-0.2, -0.15) is 0 Å². The standard InChI is InChI=1S/C12H14BrCl2NO/c1-12(2,5-6-14)16-11(17)8-3-4-9(13)10(15)7-8/h3-4,7H,5-6H2,1-2H3,(H,16,17). The van der Waals surface area contributed by atoms with E-state index in [1.807, 2.05) is 13.8 Å². The highest BCUT2D eigenvalue weighted by Crippen LogP contribution is 2.23. The maximum atomic E-state index is 12.0. The van der Waals surface area contributed by atoms with Crippen molar-refractivity contribution < 1.29 is 4.79 Å². The van der Waals surface area contributed by atoms with Crippen molar-refractivity contribution in [1.29, 1.82) is 0 Å². The first kappa shape index (κ1) is 14.8. The van der Waals surface area contributed by atoms with Crippen LogP contribution >= 0.6 is 39.1 Å². The van der Waals surface area contributed by atoms with Gasteiger partial charge in [-0.3, -0.25) is 4.79 Å². The van der Waals surface area contributed by atoms with E-state index in [9.17, 15) is 4.79 Å². The number of amides is 1. The second kappa shape index (κ2) is 6.07. The van der Waals surface area contributed by atoms with Crippen molar-refractivity contribution in [2.75, 3.05) is 5.88 Å². The molecule has 0 aliphatic heterocycles. The van der Waals surface area contributed by atoms with Crippen LogP contribution in [0.25, 0.3) is 0 Å². The number of benzene rings is 1. The lowest BCUT2D eigenvalue weighted by Crippen LogP contribution is -2.43. The number of alkyl halides is 1. The molecule has 0 saturated carbocycles. The Morgan fingerprint density at radius 2 is 2.12 bits per heavy atom. The van der Waals surface area contributed by atoms with Gasteiger partial charge < -0.3 is 5.32 Å². The van der Waals surface area contributed by atoms with E-state index in [1.54, 1.807) is 18.2 Å². The van der Waals surface area contributed by atoms with Gasteiger partial charge in [-0.25, -0.2) is 0 Å². The summed E-state index contributed by atoms with van der Waals surface area (Å²) in [6.45, 7) is 3.88. The Morgan fingerprint density at radius 1 is 1.47 bits per heavy atom. The average Bonchev–Trinajstić information content (AvgIpc) is 2.21. The van der Waals surface area contributed by atoms with Crippen molar-refractivity contribution in [2.24, 2.45) is 0 Å². The predicted molar refractivity (Wildman–Crippen MR) is 76.0 cm³/mol. The van der Waals surface area contributed by atoms with Gasteiger partial charge in [-0.1, -0.05) is 11.6 Å². The van der Waals surface area contributed by atoms with Crippen LogP contribution in [0.5, 0.6) is 0 Å². The average molecular weight is 339 g/mol. The summed E-state index contributed by atoms with van der Waals surface area (Å²) >= 11 is 14.9. The molecular formula is C12H14BrCl2NO. The Kier molecular flexibility index (Phi) is 5.29. The minimum Gasteiger partial charge on any atom is -0.347 e. The third-order valence-corrected chi connectivity index (χ3v) is 3.77. The van der Waals surface area contributed by atoms with E-state index in [4.69, 9.17) is 23.2 Å². The van der Waals surface area contributed by atoms with Gasteiger partial charge in [0.15, 0.2) is 0 Å². The molecule has 0 aliphatic rings. The Morgan fingerprint density at radius 3 is 2.65 bits per heavy atom. The normalized spacial score (nSPS) is 11.4.